The molecule has 0 saturated carbocycles. The fourth-order valence-electron chi connectivity index (χ4n) is 2.02. The molecule has 0 aliphatic heterocycles. The number of fused-ring (bicyclic) bond motifs is 1. The van der Waals surface area contributed by atoms with Crippen molar-refractivity contribution >= 4 is 28.5 Å². The van der Waals surface area contributed by atoms with Gasteiger partial charge in [-0.15, -0.1) is 0 Å². The summed E-state index contributed by atoms with van der Waals surface area (Å²) in [6.45, 7) is 1.51. The molecular formula is C12H10ClNO3. The van der Waals surface area contributed by atoms with Crippen LogP contribution < -0.4 is 5.43 Å². The van der Waals surface area contributed by atoms with Gasteiger partial charge in [0.1, 0.15) is 5.69 Å². The summed E-state index contributed by atoms with van der Waals surface area (Å²) in [6, 6.07) is 4.94. The van der Waals surface area contributed by atoms with Crippen LogP contribution in [0.25, 0.3) is 10.9 Å². The van der Waals surface area contributed by atoms with Gasteiger partial charge in [-0.3, -0.25) is 4.79 Å². The van der Waals surface area contributed by atoms with Gasteiger partial charge in [-0.1, -0.05) is 17.7 Å². The number of aryl methyl sites for hydroxylation is 1. The van der Waals surface area contributed by atoms with E-state index in [4.69, 9.17) is 16.7 Å². The summed E-state index contributed by atoms with van der Waals surface area (Å²) in [5.41, 5.74) is 0.338. The molecule has 0 atom stereocenters. The molecule has 0 saturated heterocycles. The molecule has 5 heteroatoms. The highest BCUT2D eigenvalue weighted by Crippen LogP contribution is 2.22. The Morgan fingerprint density at radius 2 is 2.06 bits per heavy atom. The van der Waals surface area contributed by atoms with E-state index in [0.29, 0.717) is 15.9 Å². The van der Waals surface area contributed by atoms with Crippen molar-refractivity contribution in [2.45, 2.75) is 6.92 Å². The molecule has 0 unspecified atom stereocenters. The second-order valence-corrected chi connectivity index (χ2v) is 4.21. The van der Waals surface area contributed by atoms with Crippen molar-refractivity contribution in [3.8, 4) is 0 Å². The maximum Gasteiger partial charge on any atom is 0.352 e. The standard InChI is InChI=1S/C12H10ClNO3/c1-6-9(12(16)17)14(2)10-7(11(6)15)4-3-5-8(10)13/h3-5H,1-2H3,(H,16,17). The van der Waals surface area contributed by atoms with Crippen molar-refractivity contribution in [3.05, 3.63) is 44.7 Å². The van der Waals surface area contributed by atoms with E-state index in [1.807, 2.05) is 0 Å². The minimum atomic E-state index is -1.14. The van der Waals surface area contributed by atoms with Gasteiger partial charge >= 0.3 is 5.97 Å². The molecule has 1 N–H and O–H groups in total. The van der Waals surface area contributed by atoms with E-state index in [0.717, 1.165) is 0 Å². The number of hydrogen-bond donors (Lipinski definition) is 1. The average Bonchev–Trinajstić information content (AvgIpc) is 2.25. The smallest absolute Gasteiger partial charge is 0.352 e. The summed E-state index contributed by atoms with van der Waals surface area (Å²) in [5.74, 6) is -1.14. The molecule has 2 aromatic rings. The number of para-hydroxylation sites is 1. The van der Waals surface area contributed by atoms with Gasteiger partial charge in [-0.05, 0) is 19.1 Å². The Hall–Kier alpha value is -1.81. The molecule has 2 rings (SSSR count). The molecule has 1 aromatic carbocycles. The molecular weight excluding hydrogens is 242 g/mol. The lowest BCUT2D eigenvalue weighted by molar-refractivity contribution is 0.0685. The fourth-order valence-corrected chi connectivity index (χ4v) is 2.32. The third-order valence-corrected chi connectivity index (χ3v) is 3.11. The van der Waals surface area contributed by atoms with Gasteiger partial charge in [0.15, 0.2) is 5.43 Å². The van der Waals surface area contributed by atoms with Crippen LogP contribution in [-0.2, 0) is 7.05 Å². The van der Waals surface area contributed by atoms with Crippen LogP contribution in [0.5, 0.6) is 0 Å². The van der Waals surface area contributed by atoms with E-state index in [9.17, 15) is 9.59 Å². The average molecular weight is 252 g/mol. The highest BCUT2D eigenvalue weighted by molar-refractivity contribution is 6.35. The predicted octanol–water partition coefficient (Wildman–Crippen LogP) is 2.20. The maximum atomic E-state index is 12.0. The molecule has 0 aliphatic rings. The quantitative estimate of drug-likeness (QED) is 0.845. The third-order valence-electron chi connectivity index (χ3n) is 2.80. The second-order valence-electron chi connectivity index (χ2n) is 3.80. The third kappa shape index (κ3) is 1.61. The molecule has 0 bridgehead atoms. The van der Waals surface area contributed by atoms with Crippen molar-refractivity contribution in [1.82, 2.24) is 4.57 Å². The molecule has 1 aromatic heterocycles. The Bertz CT molecular complexity index is 688. The first kappa shape index (κ1) is 11.7. The number of aromatic carboxylic acids is 1. The van der Waals surface area contributed by atoms with Crippen LogP contribution in [0.15, 0.2) is 23.0 Å². The van der Waals surface area contributed by atoms with Gasteiger partial charge in [0.2, 0.25) is 0 Å². The zero-order chi connectivity index (χ0) is 12.7. The van der Waals surface area contributed by atoms with Gasteiger partial charge < -0.3 is 9.67 Å². The van der Waals surface area contributed by atoms with Crippen LogP contribution in [0.1, 0.15) is 16.1 Å². The number of carbonyl (C=O) groups is 1. The lowest BCUT2D eigenvalue weighted by atomic mass is 10.1. The highest BCUT2D eigenvalue weighted by Gasteiger charge is 2.18. The Labute approximate surface area is 102 Å². The molecule has 4 nitrogen and oxygen atoms in total. The number of benzene rings is 1. The molecule has 0 aliphatic carbocycles. The molecule has 88 valence electrons. The van der Waals surface area contributed by atoms with Gasteiger partial charge in [0.05, 0.1) is 10.5 Å². The highest BCUT2D eigenvalue weighted by atomic mass is 35.5. The fraction of sp³-hybridized carbons (Fsp3) is 0.167. The zero-order valence-corrected chi connectivity index (χ0v) is 10.1. The lowest BCUT2D eigenvalue weighted by Gasteiger charge is -2.12. The van der Waals surface area contributed by atoms with Crippen LogP contribution in [0.3, 0.4) is 0 Å². The van der Waals surface area contributed by atoms with Crippen molar-refractivity contribution in [2.75, 3.05) is 0 Å². The van der Waals surface area contributed by atoms with Crippen LogP contribution in [0.2, 0.25) is 5.02 Å². The SMILES string of the molecule is Cc1c(C(=O)O)n(C)c2c(Cl)cccc2c1=O. The van der Waals surface area contributed by atoms with E-state index >= 15 is 0 Å². The van der Waals surface area contributed by atoms with Crippen LogP contribution in [0, 0.1) is 6.92 Å². The Morgan fingerprint density at radius 3 is 2.65 bits per heavy atom. The first-order valence-corrected chi connectivity index (χ1v) is 5.34. The summed E-state index contributed by atoms with van der Waals surface area (Å²) in [4.78, 5) is 23.2. The maximum absolute atomic E-state index is 12.0. The van der Waals surface area contributed by atoms with Crippen LogP contribution in [0.4, 0.5) is 0 Å². The minimum Gasteiger partial charge on any atom is -0.477 e. The molecule has 1 heterocycles. The van der Waals surface area contributed by atoms with Crippen molar-refractivity contribution in [3.63, 3.8) is 0 Å². The van der Waals surface area contributed by atoms with Crippen molar-refractivity contribution < 1.29 is 9.90 Å². The normalized spacial score (nSPS) is 10.8. The van der Waals surface area contributed by atoms with E-state index in [1.165, 1.54) is 11.5 Å². The van der Waals surface area contributed by atoms with Gasteiger partial charge in [0.25, 0.3) is 0 Å². The number of nitrogens with zero attached hydrogens (tertiary/aromatic N) is 1. The number of carboxylic acid groups (broad SMARTS) is 1. The second kappa shape index (κ2) is 3.89. The summed E-state index contributed by atoms with van der Waals surface area (Å²) >= 11 is 6.01. The number of pyridine rings is 1. The Morgan fingerprint density at radius 1 is 1.41 bits per heavy atom. The molecule has 0 fully saturated rings. The number of hydrogen-bond acceptors (Lipinski definition) is 2. The number of rotatable bonds is 1. The first-order valence-electron chi connectivity index (χ1n) is 4.96. The van der Waals surface area contributed by atoms with Crippen molar-refractivity contribution in [1.29, 1.82) is 0 Å². The summed E-state index contributed by atoms with van der Waals surface area (Å²) in [6.07, 6.45) is 0. The minimum absolute atomic E-state index is 0.0319. The lowest BCUT2D eigenvalue weighted by Crippen LogP contribution is -2.20. The van der Waals surface area contributed by atoms with E-state index in [1.54, 1.807) is 25.2 Å². The Balaban J connectivity index is 3.13. The molecule has 0 amide bonds. The van der Waals surface area contributed by atoms with Crippen LogP contribution >= 0.6 is 11.6 Å². The van der Waals surface area contributed by atoms with E-state index in [-0.39, 0.29) is 16.7 Å². The van der Waals surface area contributed by atoms with Gasteiger partial charge in [0, 0.05) is 18.0 Å². The number of halogens is 1. The molecule has 17 heavy (non-hydrogen) atoms. The first-order chi connectivity index (χ1) is 7.95. The monoisotopic (exact) mass is 251 g/mol. The van der Waals surface area contributed by atoms with Crippen molar-refractivity contribution in [2.24, 2.45) is 7.05 Å². The molecule has 0 radical (unpaired) electrons. The summed E-state index contributed by atoms with van der Waals surface area (Å²) < 4.78 is 1.44. The Kier molecular flexibility index (Phi) is 2.67. The summed E-state index contributed by atoms with van der Waals surface area (Å²) in [7, 11) is 1.59. The molecule has 0 spiro atoms. The van der Waals surface area contributed by atoms with Gasteiger partial charge in [-0.2, -0.15) is 0 Å². The number of aromatic nitrogens is 1. The largest absolute Gasteiger partial charge is 0.477 e. The summed E-state index contributed by atoms with van der Waals surface area (Å²) in [5, 5.41) is 9.92. The zero-order valence-electron chi connectivity index (χ0n) is 9.32. The van der Waals surface area contributed by atoms with E-state index < -0.39 is 5.97 Å². The number of carboxylic acids is 1. The topological polar surface area (TPSA) is 59.3 Å². The van der Waals surface area contributed by atoms with E-state index in [2.05, 4.69) is 0 Å². The van der Waals surface area contributed by atoms with Crippen LogP contribution in [-0.4, -0.2) is 15.6 Å². The predicted molar refractivity (Wildman–Crippen MR) is 65.9 cm³/mol. The van der Waals surface area contributed by atoms with Gasteiger partial charge in [-0.25, -0.2) is 4.79 Å².